The number of nitrogens with one attached hydrogen (secondary N) is 6. The van der Waals surface area contributed by atoms with E-state index in [1.165, 1.54) is 0 Å². The van der Waals surface area contributed by atoms with Gasteiger partial charge in [-0.3, -0.25) is 0 Å². The number of hydrogen-bond donors (Lipinski definition) is 6. The van der Waals surface area contributed by atoms with Crippen LogP contribution in [0.1, 0.15) is 268 Å². The second kappa shape index (κ2) is 44.3. The smallest absolute Gasteiger partial charge is 0.550 e. The molecule has 0 saturated heterocycles. The SMILES string of the molecule is C=Cc1c(C)c2cc3[nH]c(cc4nc(cc5nc(cc1[nH]2)C(C)=C5CCC(=O)[O-])C(CCC(=O)[O-])=C4C)c(C)c3C(Br)CBr.C=Cc1c(C)c2cc3[nH]c(cc4nc(cc5nc(cc1[nH]2)C(C)=C5CCC(=O)[O-])C(CCC(=O)[O-])=C4C)c(C)c3C(Br)CBr.C=Cc1c(C)c2cc3[nH]c(cc4nc(cc5nc(cc1[nH]2)C(C)=C5CCC(=O)[O-])C(CCC(=O)[O-])=C4C)c(C)c3C(Br)CBr.[Fe+3].[Fe+3]. The van der Waals surface area contributed by atoms with Crippen LogP contribution in [0, 0.1) is 41.5 Å². The molecule has 6 N–H and O–H groups in total. The molecule has 6 aliphatic rings. The molecule has 694 valence electrons. The van der Waals surface area contributed by atoms with E-state index in [1.54, 1.807) is 0 Å². The minimum Gasteiger partial charge on any atom is -0.550 e. The predicted octanol–water partition coefficient (Wildman–Crippen LogP) is 19.0. The number of aromatic amines is 6. The summed E-state index contributed by atoms with van der Waals surface area (Å²) < 4.78 is 0. The van der Waals surface area contributed by atoms with Gasteiger partial charge in [-0.05, 0) is 350 Å². The Hall–Kier alpha value is -10.2. The van der Waals surface area contributed by atoms with Crippen LogP contribution in [0.3, 0.4) is 0 Å². The third-order valence-electron chi connectivity index (χ3n) is 25.3. The summed E-state index contributed by atoms with van der Waals surface area (Å²) in [6.07, 6.45) is 5.93. The summed E-state index contributed by atoms with van der Waals surface area (Å²) in [5, 5.41) is 70.8. The van der Waals surface area contributed by atoms with Crippen molar-refractivity contribution in [2.24, 2.45) is 0 Å². The summed E-state index contributed by atoms with van der Waals surface area (Å²) in [7, 11) is 0. The summed E-state index contributed by atoms with van der Waals surface area (Å²) >= 11 is 22.4. The average Bonchev–Trinajstić information content (AvgIpc) is 1.62. The summed E-state index contributed by atoms with van der Waals surface area (Å²) in [4.78, 5) is 120. The third-order valence-corrected chi connectivity index (χ3v) is 32.2. The molecule has 134 heavy (non-hydrogen) atoms. The van der Waals surface area contributed by atoms with Crippen LogP contribution >= 0.6 is 95.6 Å². The first-order chi connectivity index (χ1) is 62.8. The van der Waals surface area contributed by atoms with Gasteiger partial charge in [0.2, 0.25) is 0 Å². The molecule has 0 aromatic carbocycles. The number of H-pyrrole nitrogens is 6. The molecule has 9 aromatic rings. The van der Waals surface area contributed by atoms with Crippen molar-refractivity contribution >= 4 is 283 Å². The molecule has 15 rings (SSSR count). The molecule has 6 aliphatic heterocycles. The zero-order valence-electron chi connectivity index (χ0n) is 75.7. The van der Waals surface area contributed by atoms with E-state index >= 15 is 0 Å². The number of rotatable bonds is 27. The van der Waals surface area contributed by atoms with Gasteiger partial charge in [0.1, 0.15) is 0 Å². The van der Waals surface area contributed by atoms with Crippen molar-refractivity contribution in [3.05, 3.63) is 228 Å². The number of allylic oxidation sites excluding steroid dienone is 12. The van der Waals surface area contributed by atoms with Crippen LogP contribution in [-0.4, -0.2) is 112 Å². The van der Waals surface area contributed by atoms with Crippen LogP contribution in [0.5, 0.6) is 0 Å². The Labute approximate surface area is 846 Å². The van der Waals surface area contributed by atoms with Crippen LogP contribution in [0.25, 0.3) is 151 Å². The number of fused-ring (bicyclic) bond motifs is 24. The van der Waals surface area contributed by atoms with E-state index in [0.29, 0.717) is 84.3 Å². The topological polar surface area (TPSA) is 413 Å². The van der Waals surface area contributed by atoms with Crippen LogP contribution in [0.2, 0.25) is 0 Å². The van der Waals surface area contributed by atoms with Gasteiger partial charge in [0.15, 0.2) is 0 Å². The van der Waals surface area contributed by atoms with Crippen molar-refractivity contribution in [3.63, 3.8) is 0 Å². The summed E-state index contributed by atoms with van der Waals surface area (Å²) in [6, 6.07) is 23.7. The molecular formula is C102H96Br6Fe2N12O12. The standard InChI is InChI=1S/3C34H34Br2N4O4.2Fe/c3*1-6-20-16(2)26-13-31-34(23(36)15-35)19(5)27(40-31)11-24-17(3)21(7-9-32(41)42)29(38-24)14-30-22(8-10-33(43)44)18(4)25(39-30)12-28(20)37-26;;/h3*6,11-14,23,37,40H,1,7-10,15H2,2-5H3,(H,41,42)(H,43,44);;/q;;;2*+3/p-6. The molecule has 3 atom stereocenters. The number of halogens is 6. The minimum atomic E-state index is -1.14. The fourth-order valence-electron chi connectivity index (χ4n) is 17.9. The number of carbonyl (C=O) groups is 6. The number of hydrogen-bond acceptors (Lipinski definition) is 18. The molecule has 2 radical (unpaired) electrons. The van der Waals surface area contributed by atoms with Crippen LogP contribution in [-0.2, 0) is 62.9 Å². The second-order valence-corrected chi connectivity index (χ2v) is 38.6. The summed E-state index contributed by atoms with van der Waals surface area (Å²) in [5.41, 5.74) is 40.9. The normalized spacial score (nSPS) is 13.7. The monoisotopic (exact) mass is 2270 g/mol. The number of alkyl halides is 6. The third kappa shape index (κ3) is 22.1. The molecule has 0 saturated carbocycles. The number of aliphatic carboxylic acids is 6. The van der Waals surface area contributed by atoms with Gasteiger partial charge in [0.25, 0.3) is 0 Å². The zero-order chi connectivity index (χ0) is 95.6. The Morgan fingerprint density at radius 1 is 0.269 bits per heavy atom. The Kier molecular flexibility index (Phi) is 34.4. The van der Waals surface area contributed by atoms with Gasteiger partial charge in [-0.1, -0.05) is 134 Å². The van der Waals surface area contributed by atoms with Crippen molar-refractivity contribution in [2.75, 3.05) is 16.0 Å². The zero-order valence-corrected chi connectivity index (χ0v) is 87.4. The Balaban J connectivity index is 0.000000192. The average molecular weight is 2270 g/mol. The van der Waals surface area contributed by atoms with Crippen molar-refractivity contribution < 1.29 is 93.5 Å². The van der Waals surface area contributed by atoms with Crippen molar-refractivity contribution in [3.8, 4) is 0 Å². The van der Waals surface area contributed by atoms with Gasteiger partial charge >= 0.3 is 34.1 Å². The molecule has 15 heterocycles. The molecule has 0 fully saturated rings. The van der Waals surface area contributed by atoms with Gasteiger partial charge in [0.05, 0.1) is 82.8 Å². The number of aromatic nitrogens is 12. The van der Waals surface area contributed by atoms with Gasteiger partial charge in [0, 0.05) is 135 Å². The molecule has 32 heteroatoms. The molecule has 0 spiro atoms. The largest absolute Gasteiger partial charge is 3.00 e. The van der Waals surface area contributed by atoms with Gasteiger partial charge < -0.3 is 89.3 Å². The van der Waals surface area contributed by atoms with E-state index in [0.717, 1.165) is 200 Å². The maximum atomic E-state index is 11.5. The molecule has 24 nitrogen and oxygen atoms in total. The maximum Gasteiger partial charge on any atom is 3.00 e. The van der Waals surface area contributed by atoms with Crippen LogP contribution in [0.15, 0.2) is 92.5 Å². The molecule has 0 amide bonds. The Bertz CT molecular complexity index is 6520. The Morgan fingerprint density at radius 3 is 0.597 bits per heavy atom. The maximum absolute atomic E-state index is 11.5. The van der Waals surface area contributed by atoms with E-state index in [1.807, 2.05) is 135 Å². The number of aryl methyl sites for hydroxylation is 6. The summed E-state index contributed by atoms with van der Waals surface area (Å²) in [6.45, 7) is 36.1. The molecule has 0 aliphatic carbocycles. The van der Waals surface area contributed by atoms with Crippen molar-refractivity contribution in [1.29, 1.82) is 0 Å². The van der Waals surface area contributed by atoms with Crippen molar-refractivity contribution in [2.45, 2.75) is 175 Å². The number of carbonyl (C=O) groups excluding carboxylic acids is 6. The van der Waals surface area contributed by atoms with Gasteiger partial charge in [-0.15, -0.1) is 0 Å². The number of nitrogens with zero attached hydrogens (tertiary/aromatic N) is 6. The van der Waals surface area contributed by atoms with E-state index in [-0.39, 0.29) is 126 Å². The van der Waals surface area contributed by atoms with E-state index < -0.39 is 35.8 Å². The molecule has 24 bridgehead atoms. The van der Waals surface area contributed by atoms with Gasteiger partial charge in [-0.25, -0.2) is 29.9 Å². The van der Waals surface area contributed by atoms with E-state index in [9.17, 15) is 59.4 Å². The minimum absolute atomic E-state index is 0. The first-order valence-electron chi connectivity index (χ1n) is 42.9. The first-order valence-corrected chi connectivity index (χ1v) is 49.1. The van der Waals surface area contributed by atoms with E-state index in [4.69, 9.17) is 29.9 Å². The molecule has 3 unspecified atom stereocenters. The van der Waals surface area contributed by atoms with Crippen LogP contribution in [0.4, 0.5) is 0 Å². The quantitative estimate of drug-likeness (QED) is 0.0206. The number of carboxylic acid groups (broad SMARTS) is 6. The molecular weight excluding hydrogens is 2180 g/mol. The van der Waals surface area contributed by atoms with Gasteiger partial charge in [-0.2, -0.15) is 0 Å². The molecule has 9 aromatic heterocycles. The summed E-state index contributed by atoms with van der Waals surface area (Å²) in [5.74, 6) is -6.86. The fourth-order valence-corrected chi connectivity index (χ4v) is 20.7. The second-order valence-electron chi connectivity index (χ2n) is 33.3. The predicted molar refractivity (Wildman–Crippen MR) is 538 cm³/mol. The van der Waals surface area contributed by atoms with Crippen LogP contribution < -0.4 is 30.6 Å². The number of carboxylic acids is 6. The van der Waals surface area contributed by atoms with Crippen molar-refractivity contribution in [1.82, 2.24) is 59.8 Å². The van der Waals surface area contributed by atoms with E-state index in [2.05, 4.69) is 184 Å². The fraction of sp³-hybridized carbons (Fsp3) is 0.294. The first kappa shape index (κ1) is 104. The Morgan fingerprint density at radius 2 is 0.433 bits per heavy atom.